The Kier molecular flexibility index (Phi) is 5.27. The van der Waals surface area contributed by atoms with Crippen LogP contribution in [-0.4, -0.2) is 41.1 Å². The fourth-order valence-electron chi connectivity index (χ4n) is 3.46. The van der Waals surface area contributed by atoms with E-state index in [2.05, 4.69) is 15.5 Å². The third-order valence-electron chi connectivity index (χ3n) is 4.89. The number of carbonyl (C=O) groups is 2. The number of amides is 2. The molecule has 2 aliphatic heterocycles. The molecule has 7 nitrogen and oxygen atoms in total. The van der Waals surface area contributed by atoms with Crippen LogP contribution in [0.2, 0.25) is 5.02 Å². The Morgan fingerprint density at radius 2 is 1.96 bits per heavy atom. The summed E-state index contributed by atoms with van der Waals surface area (Å²) in [5, 5.41) is 13.4. The number of hydrogen-bond donors (Lipinski definition) is 1. The molecule has 0 aliphatic carbocycles. The van der Waals surface area contributed by atoms with E-state index in [-0.39, 0.29) is 17.9 Å². The Hall–Kier alpha value is -2.19. The van der Waals surface area contributed by atoms with E-state index in [0.717, 1.165) is 31.4 Å². The van der Waals surface area contributed by atoms with Crippen LogP contribution < -0.4 is 15.1 Å². The lowest BCUT2D eigenvalue weighted by atomic mass is 10.2. The van der Waals surface area contributed by atoms with Crippen molar-refractivity contribution in [3.8, 4) is 0 Å². The maximum atomic E-state index is 12.7. The van der Waals surface area contributed by atoms with Gasteiger partial charge in [-0.25, -0.2) is 0 Å². The third kappa shape index (κ3) is 3.91. The Balaban J connectivity index is 1.41. The van der Waals surface area contributed by atoms with Crippen molar-refractivity contribution in [2.45, 2.75) is 38.3 Å². The van der Waals surface area contributed by atoms with E-state index in [4.69, 9.17) is 11.6 Å². The van der Waals surface area contributed by atoms with Gasteiger partial charge in [-0.2, -0.15) is 0 Å². The molecule has 4 rings (SSSR count). The van der Waals surface area contributed by atoms with Gasteiger partial charge in [-0.05, 0) is 37.0 Å². The number of aromatic nitrogens is 2. The molecule has 27 heavy (non-hydrogen) atoms. The number of benzene rings is 1. The summed E-state index contributed by atoms with van der Waals surface area (Å²) in [7, 11) is 0. The average molecular weight is 406 g/mol. The maximum Gasteiger partial charge on any atom is 0.243 e. The summed E-state index contributed by atoms with van der Waals surface area (Å²) in [6.07, 6.45) is 3.13. The van der Waals surface area contributed by atoms with Crippen molar-refractivity contribution >= 4 is 45.0 Å². The molecule has 1 aromatic carbocycles. The first kappa shape index (κ1) is 18.2. The minimum Gasteiger partial charge on any atom is -0.350 e. The van der Waals surface area contributed by atoms with Crippen molar-refractivity contribution in [2.24, 2.45) is 0 Å². The molecule has 1 atom stereocenters. The topological polar surface area (TPSA) is 78.4 Å². The minimum atomic E-state index is -0.257. The quantitative estimate of drug-likeness (QED) is 0.827. The normalized spacial score (nSPS) is 19.7. The predicted molar refractivity (Wildman–Crippen MR) is 105 cm³/mol. The second kappa shape index (κ2) is 7.82. The van der Waals surface area contributed by atoms with Crippen LogP contribution in [0.25, 0.3) is 0 Å². The molecule has 1 N–H and O–H groups in total. The highest BCUT2D eigenvalue weighted by Gasteiger charge is 2.34. The zero-order valence-corrected chi connectivity index (χ0v) is 16.3. The van der Waals surface area contributed by atoms with Gasteiger partial charge in [0.05, 0.1) is 0 Å². The zero-order chi connectivity index (χ0) is 18.8. The summed E-state index contributed by atoms with van der Waals surface area (Å²) in [6, 6.07) is 7.17. The highest BCUT2D eigenvalue weighted by atomic mass is 35.5. The van der Waals surface area contributed by atoms with E-state index >= 15 is 0 Å². The fourth-order valence-corrected chi connectivity index (χ4v) is 4.55. The summed E-state index contributed by atoms with van der Waals surface area (Å²) in [5.41, 5.74) is 1.00. The Bertz CT molecular complexity index is 841. The smallest absolute Gasteiger partial charge is 0.243 e. The van der Waals surface area contributed by atoms with Crippen LogP contribution >= 0.6 is 22.9 Å². The van der Waals surface area contributed by atoms with Crippen molar-refractivity contribution in [1.29, 1.82) is 0 Å². The first-order chi connectivity index (χ1) is 13.1. The van der Waals surface area contributed by atoms with Crippen molar-refractivity contribution in [1.82, 2.24) is 15.5 Å². The molecule has 0 spiro atoms. The van der Waals surface area contributed by atoms with Gasteiger partial charge in [0.2, 0.25) is 22.1 Å². The van der Waals surface area contributed by atoms with Crippen molar-refractivity contribution < 1.29 is 9.59 Å². The lowest BCUT2D eigenvalue weighted by molar-refractivity contribution is -0.122. The monoisotopic (exact) mass is 405 g/mol. The zero-order valence-electron chi connectivity index (χ0n) is 14.7. The second-order valence-corrected chi connectivity index (χ2v) is 8.08. The van der Waals surface area contributed by atoms with E-state index in [9.17, 15) is 9.59 Å². The van der Waals surface area contributed by atoms with Crippen molar-refractivity contribution in [3.63, 3.8) is 0 Å². The molecule has 142 valence electrons. The highest BCUT2D eigenvalue weighted by molar-refractivity contribution is 7.19. The molecule has 0 radical (unpaired) electrons. The molecule has 1 unspecified atom stereocenters. The number of hydrogen-bond acceptors (Lipinski definition) is 6. The van der Waals surface area contributed by atoms with Crippen LogP contribution in [-0.2, 0) is 16.1 Å². The first-order valence-corrected chi connectivity index (χ1v) is 10.2. The van der Waals surface area contributed by atoms with Gasteiger partial charge in [0.1, 0.15) is 6.04 Å². The number of carbonyl (C=O) groups excluding carboxylic acids is 2. The standard InChI is InChI=1S/C18H20ClN5O2S/c19-13-7-5-12(6-8-13)11-20-16(26)14-3-1-9-23(14)17-21-22-18(27-17)24-10-2-4-15(24)25/h5-8,14H,1-4,9-11H2,(H,20,26). The molecule has 0 bridgehead atoms. The van der Waals surface area contributed by atoms with Crippen molar-refractivity contribution in [2.75, 3.05) is 22.9 Å². The fraction of sp³-hybridized carbons (Fsp3) is 0.444. The van der Waals surface area contributed by atoms with Gasteiger partial charge in [-0.1, -0.05) is 35.1 Å². The number of anilines is 2. The van der Waals surface area contributed by atoms with Gasteiger partial charge in [0.15, 0.2) is 0 Å². The van der Waals surface area contributed by atoms with E-state index in [1.807, 2.05) is 29.2 Å². The Labute approximate surface area is 166 Å². The molecule has 2 amide bonds. The lowest BCUT2D eigenvalue weighted by Gasteiger charge is -2.22. The maximum absolute atomic E-state index is 12.7. The van der Waals surface area contributed by atoms with Crippen LogP contribution in [0, 0.1) is 0 Å². The van der Waals surface area contributed by atoms with Gasteiger partial charge in [-0.15, -0.1) is 10.2 Å². The molecular formula is C18H20ClN5O2S. The SMILES string of the molecule is O=C(NCc1ccc(Cl)cc1)C1CCCN1c1nnc(N2CCCC2=O)s1. The van der Waals surface area contributed by atoms with Gasteiger partial charge < -0.3 is 10.2 Å². The van der Waals surface area contributed by atoms with Crippen LogP contribution in [0.15, 0.2) is 24.3 Å². The summed E-state index contributed by atoms with van der Waals surface area (Å²) < 4.78 is 0. The van der Waals surface area contributed by atoms with Gasteiger partial charge >= 0.3 is 0 Å². The minimum absolute atomic E-state index is 0.0172. The van der Waals surface area contributed by atoms with Crippen LogP contribution in [0.5, 0.6) is 0 Å². The number of rotatable bonds is 5. The van der Waals surface area contributed by atoms with Crippen molar-refractivity contribution in [3.05, 3.63) is 34.9 Å². The third-order valence-corrected chi connectivity index (χ3v) is 6.12. The molecule has 2 saturated heterocycles. The number of halogens is 1. The van der Waals surface area contributed by atoms with Gasteiger partial charge in [-0.3, -0.25) is 14.5 Å². The molecular weight excluding hydrogens is 386 g/mol. The summed E-state index contributed by atoms with van der Waals surface area (Å²) in [6.45, 7) is 1.92. The number of nitrogens with zero attached hydrogens (tertiary/aromatic N) is 4. The lowest BCUT2D eigenvalue weighted by Crippen LogP contribution is -2.43. The van der Waals surface area contributed by atoms with Crippen LogP contribution in [0.4, 0.5) is 10.3 Å². The van der Waals surface area contributed by atoms with E-state index in [1.165, 1.54) is 11.3 Å². The summed E-state index contributed by atoms with van der Waals surface area (Å²) in [5.74, 6) is 0.0767. The second-order valence-electron chi connectivity index (χ2n) is 6.71. The number of nitrogens with one attached hydrogen (secondary N) is 1. The van der Waals surface area contributed by atoms with Gasteiger partial charge in [0.25, 0.3) is 0 Å². The van der Waals surface area contributed by atoms with Gasteiger partial charge in [0, 0.05) is 31.1 Å². The molecule has 0 saturated carbocycles. The molecule has 9 heteroatoms. The average Bonchev–Trinajstić information content (AvgIpc) is 3.40. The first-order valence-electron chi connectivity index (χ1n) is 9.04. The molecule has 2 aromatic rings. The van der Waals surface area contributed by atoms with E-state index in [1.54, 1.807) is 4.90 Å². The molecule has 2 aliphatic rings. The van der Waals surface area contributed by atoms with Crippen LogP contribution in [0.1, 0.15) is 31.2 Å². The highest BCUT2D eigenvalue weighted by Crippen LogP contribution is 2.33. The summed E-state index contributed by atoms with van der Waals surface area (Å²) in [4.78, 5) is 28.3. The van der Waals surface area contributed by atoms with E-state index < -0.39 is 0 Å². The molecule has 2 fully saturated rings. The predicted octanol–water partition coefficient (Wildman–Crippen LogP) is 2.60. The molecule has 1 aromatic heterocycles. The Morgan fingerprint density at radius 3 is 2.70 bits per heavy atom. The van der Waals surface area contributed by atoms with E-state index in [0.29, 0.717) is 34.8 Å². The Morgan fingerprint density at radius 1 is 1.19 bits per heavy atom. The summed E-state index contributed by atoms with van der Waals surface area (Å²) >= 11 is 7.28. The largest absolute Gasteiger partial charge is 0.350 e. The molecule has 3 heterocycles. The van der Waals surface area contributed by atoms with Crippen LogP contribution in [0.3, 0.4) is 0 Å².